The zero-order valence-electron chi connectivity index (χ0n) is 17.6. The monoisotopic (exact) mass is 696 g/mol. The van der Waals surface area contributed by atoms with Crippen molar-refractivity contribution in [3.05, 3.63) is 0 Å². The fraction of sp³-hybridized carbons (Fsp3) is 0.923. The first-order chi connectivity index (χ1) is 17.6. The minimum atomic E-state index is -9.37. The van der Waals surface area contributed by atoms with Gasteiger partial charge < -0.3 is 5.11 Å². The van der Waals surface area contributed by atoms with Crippen LogP contribution in [-0.2, 0) is 14.3 Å². The van der Waals surface area contributed by atoms with Gasteiger partial charge in [0.15, 0.2) is 0 Å². The van der Waals surface area contributed by atoms with Gasteiger partial charge in [-0.05, 0) is 0 Å². The van der Waals surface area contributed by atoms with Crippen molar-refractivity contribution < 1.29 is 129 Å². The summed E-state index contributed by atoms with van der Waals surface area (Å²) in [6.07, 6.45) is -41.8. The molecular weight excluding hydrogens is 695 g/mol. The van der Waals surface area contributed by atoms with Gasteiger partial charge in [-0.3, -0.25) is 9.47 Å². The molecule has 0 heterocycles. The lowest BCUT2D eigenvalue weighted by Crippen LogP contribution is -2.74. The minimum Gasteiger partial charge on any atom is -0.477 e. The number of hydrogen-bond donors (Lipinski definition) is 1. The standard InChI is InChI=1S/C13HF25O4/c14-2(1(39)40,9(26,27)28)41-13(37,38)8(25,11(32,33)34)42-12(35,36)7(23,24)5(19,20)3(15,16)4(17,18)6(21,22)10(29,30)31/h(H,39,40). The third-order valence-corrected chi connectivity index (χ3v) is 4.22. The maximum absolute atomic E-state index is 13.9. The maximum Gasteiger partial charge on any atom is 0.460 e. The van der Waals surface area contributed by atoms with Crippen molar-refractivity contribution in [1.29, 1.82) is 0 Å². The second-order valence-corrected chi connectivity index (χ2v) is 7.10. The summed E-state index contributed by atoms with van der Waals surface area (Å²) in [5.74, 6) is -66.4. The van der Waals surface area contributed by atoms with E-state index < -0.39 is 78.0 Å². The fourth-order valence-electron chi connectivity index (χ4n) is 1.94. The molecule has 1 N–H and O–H groups in total. The first-order valence-corrected chi connectivity index (χ1v) is 8.47. The Hall–Kier alpha value is -2.36. The molecule has 42 heavy (non-hydrogen) atoms. The Balaban J connectivity index is 7.26. The topological polar surface area (TPSA) is 55.8 Å². The van der Waals surface area contributed by atoms with Crippen molar-refractivity contribution in [3.8, 4) is 0 Å². The van der Waals surface area contributed by atoms with Gasteiger partial charge in [-0.25, -0.2) is 4.79 Å². The zero-order valence-corrected chi connectivity index (χ0v) is 17.6. The lowest BCUT2D eigenvalue weighted by atomic mass is 9.93. The van der Waals surface area contributed by atoms with Crippen LogP contribution in [0.4, 0.5) is 110 Å². The maximum atomic E-state index is 13.9. The van der Waals surface area contributed by atoms with Crippen LogP contribution < -0.4 is 0 Å². The van der Waals surface area contributed by atoms with Crippen molar-refractivity contribution in [2.45, 2.75) is 72.1 Å². The lowest BCUT2D eigenvalue weighted by Gasteiger charge is -2.43. The summed E-state index contributed by atoms with van der Waals surface area (Å²) in [4.78, 5) is 10.2. The predicted molar refractivity (Wildman–Crippen MR) is 70.3 cm³/mol. The molecule has 0 bridgehead atoms. The van der Waals surface area contributed by atoms with Crippen molar-refractivity contribution in [2.75, 3.05) is 0 Å². The van der Waals surface area contributed by atoms with Crippen LogP contribution in [0.5, 0.6) is 0 Å². The number of carboxylic acid groups (broad SMARTS) is 1. The highest BCUT2D eigenvalue weighted by atomic mass is 19.4. The lowest BCUT2D eigenvalue weighted by molar-refractivity contribution is -0.551. The molecule has 0 aromatic rings. The summed E-state index contributed by atoms with van der Waals surface area (Å²) >= 11 is 0. The number of ether oxygens (including phenoxy) is 2. The molecule has 0 saturated carbocycles. The van der Waals surface area contributed by atoms with Gasteiger partial charge in [0.25, 0.3) is 0 Å². The van der Waals surface area contributed by atoms with Gasteiger partial charge in [-0.2, -0.15) is 110 Å². The second kappa shape index (κ2) is 9.83. The van der Waals surface area contributed by atoms with Crippen LogP contribution in [0.3, 0.4) is 0 Å². The molecule has 2 unspecified atom stereocenters. The highest BCUT2D eigenvalue weighted by Gasteiger charge is 2.95. The average molecular weight is 696 g/mol. The summed E-state index contributed by atoms with van der Waals surface area (Å²) in [6, 6.07) is 0. The summed E-state index contributed by atoms with van der Waals surface area (Å²) in [5.41, 5.74) is 0. The van der Waals surface area contributed by atoms with Crippen molar-refractivity contribution >= 4 is 5.97 Å². The third kappa shape index (κ3) is 5.41. The van der Waals surface area contributed by atoms with Crippen LogP contribution in [0.25, 0.3) is 0 Å². The van der Waals surface area contributed by atoms with Crippen molar-refractivity contribution in [1.82, 2.24) is 0 Å². The Morgan fingerprint density at radius 3 is 0.952 bits per heavy atom. The molecule has 2 atom stereocenters. The highest BCUT2D eigenvalue weighted by molar-refractivity contribution is 5.76. The first kappa shape index (κ1) is 39.6. The van der Waals surface area contributed by atoms with Gasteiger partial charge in [-0.15, -0.1) is 0 Å². The molecule has 0 saturated heterocycles. The highest BCUT2D eigenvalue weighted by Crippen LogP contribution is 2.64. The molecule has 0 aliphatic heterocycles. The molecule has 0 amide bonds. The van der Waals surface area contributed by atoms with Crippen LogP contribution in [0.2, 0.25) is 0 Å². The molecule has 0 aromatic carbocycles. The smallest absolute Gasteiger partial charge is 0.460 e. The van der Waals surface area contributed by atoms with E-state index in [1.54, 1.807) is 0 Å². The second-order valence-electron chi connectivity index (χ2n) is 7.10. The van der Waals surface area contributed by atoms with Crippen LogP contribution in [-0.4, -0.2) is 83.1 Å². The largest absolute Gasteiger partial charge is 0.477 e. The van der Waals surface area contributed by atoms with Crippen molar-refractivity contribution in [2.24, 2.45) is 0 Å². The number of rotatable bonds is 11. The molecule has 29 heteroatoms. The van der Waals surface area contributed by atoms with Gasteiger partial charge in [0.2, 0.25) is 0 Å². The van der Waals surface area contributed by atoms with Crippen molar-refractivity contribution in [3.63, 3.8) is 0 Å². The van der Waals surface area contributed by atoms with Crippen LogP contribution in [0, 0.1) is 0 Å². The summed E-state index contributed by atoms with van der Waals surface area (Å²) in [5, 5.41) is 7.90. The van der Waals surface area contributed by atoms with E-state index >= 15 is 0 Å². The molecule has 0 fully saturated rings. The predicted octanol–water partition coefficient (Wildman–Crippen LogP) is 7.48. The van der Waals surface area contributed by atoms with E-state index in [9.17, 15) is 115 Å². The van der Waals surface area contributed by atoms with Gasteiger partial charge in [0, 0.05) is 0 Å². The van der Waals surface area contributed by atoms with Gasteiger partial charge >= 0.3 is 78.0 Å². The van der Waals surface area contributed by atoms with Crippen LogP contribution in [0.1, 0.15) is 0 Å². The van der Waals surface area contributed by atoms with E-state index in [1.165, 1.54) is 4.74 Å². The quantitative estimate of drug-likeness (QED) is 0.228. The Morgan fingerprint density at radius 2 is 0.690 bits per heavy atom. The number of carboxylic acids is 1. The van der Waals surface area contributed by atoms with Gasteiger partial charge in [-0.1, -0.05) is 0 Å². The van der Waals surface area contributed by atoms with Gasteiger partial charge in [0.05, 0.1) is 0 Å². The number of aliphatic carboxylic acids is 1. The number of hydrogen-bond acceptors (Lipinski definition) is 3. The van der Waals surface area contributed by atoms with E-state index in [-0.39, 0.29) is 0 Å². The number of alkyl halides is 25. The molecule has 0 aliphatic carbocycles. The number of carbonyl (C=O) groups is 1. The first-order valence-electron chi connectivity index (χ1n) is 8.47. The van der Waals surface area contributed by atoms with Crippen LogP contribution >= 0.6 is 0 Å². The van der Waals surface area contributed by atoms with Gasteiger partial charge in [0.1, 0.15) is 0 Å². The molecular formula is C13HF25O4. The van der Waals surface area contributed by atoms with E-state index in [0.717, 1.165) is 4.74 Å². The fourth-order valence-corrected chi connectivity index (χ4v) is 1.94. The normalized spacial score (nSPS) is 18.9. The molecule has 252 valence electrons. The Kier molecular flexibility index (Phi) is 9.27. The van der Waals surface area contributed by atoms with E-state index in [1.807, 2.05) is 0 Å². The Morgan fingerprint density at radius 1 is 0.381 bits per heavy atom. The average Bonchev–Trinajstić information content (AvgIpc) is 2.69. The summed E-state index contributed by atoms with van der Waals surface area (Å²) in [6.45, 7) is 0. The third-order valence-electron chi connectivity index (χ3n) is 4.22. The Bertz CT molecular complexity index is 1010. The molecule has 0 radical (unpaired) electrons. The molecule has 0 aliphatic rings. The number of halogens is 25. The molecule has 0 aromatic heterocycles. The molecule has 0 spiro atoms. The van der Waals surface area contributed by atoms with E-state index in [0.29, 0.717) is 0 Å². The summed E-state index contributed by atoms with van der Waals surface area (Å²) in [7, 11) is 0. The summed E-state index contributed by atoms with van der Waals surface area (Å²) < 4.78 is 327. The zero-order chi connectivity index (χ0) is 35.0. The Labute approximate surface area is 208 Å². The van der Waals surface area contributed by atoms with E-state index in [2.05, 4.69) is 0 Å². The minimum absolute atomic E-state index is 0.860. The molecule has 0 rings (SSSR count). The SMILES string of the molecule is O=C(O)C(F)(OC(F)(F)C(F)(OC(F)(F)C(F)(F)C(F)(F)C(F)(F)C(F)(F)C(F)(F)C(F)(F)F)C(F)(F)F)C(F)(F)F. The molecule has 4 nitrogen and oxygen atoms in total. The van der Waals surface area contributed by atoms with E-state index in [4.69, 9.17) is 5.11 Å². The van der Waals surface area contributed by atoms with Crippen LogP contribution in [0.15, 0.2) is 0 Å².